The number of amidine groups is 1. The number of hydroxylamine groups is 1. The predicted molar refractivity (Wildman–Crippen MR) is 121 cm³/mol. The van der Waals surface area contributed by atoms with E-state index in [4.69, 9.17) is 0 Å². The van der Waals surface area contributed by atoms with Crippen molar-refractivity contribution >= 4 is 63.6 Å². The first-order chi connectivity index (χ1) is 14.9. The van der Waals surface area contributed by atoms with Gasteiger partial charge in [-0.05, 0) is 59.1 Å². The fourth-order valence-electron chi connectivity index (χ4n) is 3.09. The number of hydrogen-bond acceptors (Lipinski definition) is 7. The first-order valence-electron chi connectivity index (χ1n) is 9.31. The number of rotatable bonds is 5. The number of carbonyl (C=O) groups is 2. The van der Waals surface area contributed by atoms with Gasteiger partial charge in [0.1, 0.15) is 11.6 Å². The van der Waals surface area contributed by atoms with Gasteiger partial charge in [0.05, 0.1) is 22.0 Å². The summed E-state index contributed by atoms with van der Waals surface area (Å²) in [5, 5.41) is 12.1. The number of aromatic nitrogens is 1. The van der Waals surface area contributed by atoms with Crippen LogP contribution in [-0.2, 0) is 4.79 Å². The molecule has 0 radical (unpaired) electrons. The molecule has 4 N–H and O–H groups in total. The van der Waals surface area contributed by atoms with Crippen molar-refractivity contribution in [3.8, 4) is 0 Å². The molecule has 31 heavy (non-hydrogen) atoms. The highest BCUT2D eigenvalue weighted by atomic mass is 79.9. The van der Waals surface area contributed by atoms with Gasteiger partial charge in [0.25, 0.3) is 0 Å². The van der Waals surface area contributed by atoms with Gasteiger partial charge in [-0.25, -0.2) is 24.6 Å². The van der Waals surface area contributed by atoms with Gasteiger partial charge in [0.15, 0.2) is 5.84 Å². The Balaban J connectivity index is 1.58. The predicted octanol–water partition coefficient (Wildman–Crippen LogP) is 3.76. The Hall–Kier alpha value is -2.70. The fraction of sp³-hybridized carbons (Fsp3) is 0.263. The molecule has 1 saturated heterocycles. The van der Waals surface area contributed by atoms with Crippen molar-refractivity contribution in [2.75, 3.05) is 23.1 Å². The smallest absolute Gasteiger partial charge is 0.321 e. The third kappa shape index (κ3) is 5.93. The molecule has 1 aromatic carbocycles. The van der Waals surface area contributed by atoms with Crippen LogP contribution in [0.25, 0.3) is 0 Å². The molecule has 2 heterocycles. The summed E-state index contributed by atoms with van der Waals surface area (Å²) in [5.74, 6) is -0.913. The maximum Gasteiger partial charge on any atom is 0.321 e. The third-order valence-electron chi connectivity index (χ3n) is 4.77. The second-order valence-corrected chi connectivity index (χ2v) is 7.85. The summed E-state index contributed by atoms with van der Waals surface area (Å²) in [6.07, 6.45) is 2.35. The number of urea groups is 1. The quantitative estimate of drug-likeness (QED) is 0.181. The van der Waals surface area contributed by atoms with Crippen molar-refractivity contribution in [2.45, 2.75) is 12.8 Å². The van der Waals surface area contributed by atoms with Crippen LogP contribution in [0.4, 0.5) is 26.4 Å². The Morgan fingerprint density at radius 2 is 2.00 bits per heavy atom. The topological polar surface area (TPSA) is 119 Å². The zero-order chi connectivity index (χ0) is 22.4. The maximum atomic E-state index is 13.4. The van der Waals surface area contributed by atoms with Crippen LogP contribution in [0.5, 0.6) is 0 Å². The number of ketones is 1. The van der Waals surface area contributed by atoms with Gasteiger partial charge < -0.3 is 14.9 Å². The standard InChI is InChI=1S/C19H20BrFN6O3S/c20-14-9-12(1-3-15(14)21)23-18(25-30)17(28)11-5-7-27(8-6-11)19(29)24-13-2-4-16(26-31)22-10-13/h1-4,9-11,30-31H,5-8H2,(H,22,26)(H,23,25)(H,24,29). The second kappa shape index (κ2) is 10.6. The Labute approximate surface area is 191 Å². The van der Waals surface area contributed by atoms with E-state index in [0.717, 1.165) is 0 Å². The molecule has 2 amide bonds. The Kier molecular flexibility index (Phi) is 7.82. The number of aliphatic imine (C=N–C) groups is 1. The van der Waals surface area contributed by atoms with Crippen LogP contribution in [0.15, 0.2) is 46.0 Å². The number of nitrogens with one attached hydrogen (secondary N) is 3. The third-order valence-corrected chi connectivity index (χ3v) is 5.60. The Morgan fingerprint density at radius 3 is 2.58 bits per heavy atom. The Bertz CT molecular complexity index is 983. The maximum absolute atomic E-state index is 13.4. The van der Waals surface area contributed by atoms with Gasteiger partial charge in [-0.15, -0.1) is 0 Å². The number of amides is 2. The lowest BCUT2D eigenvalue weighted by atomic mass is 9.92. The Morgan fingerprint density at radius 1 is 1.26 bits per heavy atom. The minimum absolute atomic E-state index is 0.199. The summed E-state index contributed by atoms with van der Waals surface area (Å²) in [6, 6.07) is 7.09. The molecule has 3 rings (SSSR count). The van der Waals surface area contributed by atoms with Crippen molar-refractivity contribution in [1.82, 2.24) is 15.4 Å². The van der Waals surface area contributed by atoms with Crippen LogP contribution >= 0.6 is 28.7 Å². The molecular formula is C19H20BrFN6O3S. The number of Topliss-reactive ketones (excluding diaryl/α,β-unsaturated/α-hetero) is 1. The van der Waals surface area contributed by atoms with Gasteiger partial charge in [-0.2, -0.15) is 0 Å². The minimum atomic E-state index is -0.459. The highest BCUT2D eigenvalue weighted by molar-refractivity contribution is 9.10. The molecule has 9 nitrogen and oxygen atoms in total. The van der Waals surface area contributed by atoms with E-state index in [1.165, 1.54) is 24.4 Å². The van der Waals surface area contributed by atoms with Gasteiger partial charge >= 0.3 is 6.03 Å². The summed E-state index contributed by atoms with van der Waals surface area (Å²) >= 11 is 6.95. The van der Waals surface area contributed by atoms with Crippen molar-refractivity contribution in [2.24, 2.45) is 10.9 Å². The first-order valence-corrected chi connectivity index (χ1v) is 10.6. The van der Waals surface area contributed by atoms with Crippen molar-refractivity contribution < 1.29 is 19.2 Å². The van der Waals surface area contributed by atoms with Crippen LogP contribution < -0.4 is 15.5 Å². The second-order valence-electron chi connectivity index (χ2n) is 6.77. The molecule has 0 atom stereocenters. The largest absolute Gasteiger partial charge is 0.324 e. The van der Waals surface area contributed by atoms with Crippen LogP contribution in [-0.4, -0.2) is 45.8 Å². The number of nitrogens with zero attached hydrogens (tertiary/aromatic N) is 3. The molecule has 1 aliphatic rings. The number of thiol groups is 1. The van der Waals surface area contributed by atoms with Crippen molar-refractivity contribution in [3.05, 3.63) is 46.8 Å². The number of likely N-dealkylation sites (tertiary alicyclic amines) is 1. The molecule has 164 valence electrons. The number of hydrogen-bond donors (Lipinski definition) is 5. The lowest BCUT2D eigenvalue weighted by molar-refractivity contribution is -0.118. The number of anilines is 2. The van der Waals surface area contributed by atoms with Gasteiger partial charge in [-0.3, -0.25) is 10.0 Å². The van der Waals surface area contributed by atoms with E-state index >= 15 is 0 Å². The molecular weight excluding hydrogens is 491 g/mol. The molecule has 2 aromatic rings. The van der Waals surface area contributed by atoms with Gasteiger partial charge in [0.2, 0.25) is 5.78 Å². The summed E-state index contributed by atoms with van der Waals surface area (Å²) < 4.78 is 16.2. The van der Waals surface area contributed by atoms with Crippen LogP contribution in [0.3, 0.4) is 0 Å². The monoisotopic (exact) mass is 510 g/mol. The van der Waals surface area contributed by atoms with E-state index in [0.29, 0.717) is 43.1 Å². The number of pyridine rings is 1. The molecule has 1 aromatic heterocycles. The highest BCUT2D eigenvalue weighted by Gasteiger charge is 2.30. The van der Waals surface area contributed by atoms with Gasteiger partial charge in [0, 0.05) is 19.0 Å². The van der Waals surface area contributed by atoms with E-state index in [1.54, 1.807) is 17.0 Å². The van der Waals surface area contributed by atoms with E-state index in [-0.39, 0.29) is 22.1 Å². The molecule has 0 saturated carbocycles. The van der Waals surface area contributed by atoms with Crippen molar-refractivity contribution in [3.63, 3.8) is 0 Å². The van der Waals surface area contributed by atoms with E-state index in [2.05, 4.69) is 48.8 Å². The molecule has 1 aliphatic heterocycles. The van der Waals surface area contributed by atoms with E-state index < -0.39 is 11.7 Å². The average molecular weight is 511 g/mol. The summed E-state index contributed by atoms with van der Waals surface area (Å²) in [5.41, 5.74) is 2.69. The van der Waals surface area contributed by atoms with Crippen LogP contribution in [0.2, 0.25) is 0 Å². The van der Waals surface area contributed by atoms with E-state index in [1.807, 2.05) is 5.48 Å². The number of carbonyl (C=O) groups excluding carboxylic acids is 2. The SMILES string of the molecule is O=C(C(=Nc1ccc(F)c(Br)c1)NO)C1CCN(C(=O)Nc2ccc(NS)nc2)CC1. The molecule has 12 heteroatoms. The molecule has 0 spiro atoms. The zero-order valence-corrected chi connectivity index (χ0v) is 18.7. The number of halogens is 2. The lowest BCUT2D eigenvalue weighted by Crippen LogP contribution is -2.44. The fourth-order valence-corrected chi connectivity index (χ4v) is 3.59. The van der Waals surface area contributed by atoms with Gasteiger partial charge in [-0.1, -0.05) is 12.8 Å². The summed E-state index contributed by atoms with van der Waals surface area (Å²) in [4.78, 5) is 34.9. The van der Waals surface area contributed by atoms with Crippen molar-refractivity contribution in [1.29, 1.82) is 0 Å². The molecule has 0 bridgehead atoms. The normalized spacial score (nSPS) is 14.8. The number of piperidine rings is 1. The lowest BCUT2D eigenvalue weighted by Gasteiger charge is -2.31. The van der Waals surface area contributed by atoms with E-state index in [9.17, 15) is 19.2 Å². The minimum Gasteiger partial charge on any atom is -0.324 e. The highest BCUT2D eigenvalue weighted by Crippen LogP contribution is 2.24. The zero-order valence-electron chi connectivity index (χ0n) is 16.2. The average Bonchev–Trinajstić information content (AvgIpc) is 2.80. The summed E-state index contributed by atoms with van der Waals surface area (Å²) in [6.45, 7) is 0.736. The van der Waals surface area contributed by atoms with Crippen LogP contribution in [0.1, 0.15) is 12.8 Å². The first kappa shape index (κ1) is 23.0. The molecule has 0 aliphatic carbocycles. The van der Waals surface area contributed by atoms with Crippen LogP contribution in [0, 0.1) is 11.7 Å². The number of benzene rings is 1. The molecule has 1 fully saturated rings. The summed E-state index contributed by atoms with van der Waals surface area (Å²) in [7, 11) is 0. The molecule has 0 unspecified atom stereocenters.